The normalized spacial score (nSPS) is 22.6. The number of carbonyl (C=O) groups is 1. The number of piperidine rings is 1. The third-order valence-electron chi connectivity index (χ3n) is 5.32. The lowest BCUT2D eigenvalue weighted by Gasteiger charge is -2.37. The van der Waals surface area contributed by atoms with Gasteiger partial charge in [-0.25, -0.2) is 0 Å². The van der Waals surface area contributed by atoms with E-state index >= 15 is 0 Å². The fourth-order valence-electron chi connectivity index (χ4n) is 3.72. The van der Waals surface area contributed by atoms with E-state index < -0.39 is 0 Å². The number of amides is 1. The number of anilines is 1. The smallest absolute Gasteiger partial charge is 0.223 e. The van der Waals surface area contributed by atoms with Gasteiger partial charge < -0.3 is 15.1 Å². The van der Waals surface area contributed by atoms with Gasteiger partial charge in [0, 0.05) is 64.0 Å². The third kappa shape index (κ3) is 4.48. The van der Waals surface area contributed by atoms with Gasteiger partial charge in [0.1, 0.15) is 0 Å². The number of hydrogen-bond acceptors (Lipinski definition) is 4. The minimum absolute atomic E-state index is 0.320. The van der Waals surface area contributed by atoms with Crippen LogP contribution in [0.4, 0.5) is 5.69 Å². The Hall–Kier alpha value is -1.59. The second-order valence-electron chi connectivity index (χ2n) is 6.88. The molecule has 1 aromatic carbocycles. The van der Waals surface area contributed by atoms with Crippen molar-refractivity contribution in [1.29, 1.82) is 0 Å². The molecule has 5 heteroatoms. The van der Waals surface area contributed by atoms with Gasteiger partial charge in [0.25, 0.3) is 0 Å². The molecule has 0 aromatic heterocycles. The van der Waals surface area contributed by atoms with Crippen LogP contribution in [0.25, 0.3) is 0 Å². The minimum atomic E-state index is 0.320. The van der Waals surface area contributed by atoms with Crippen molar-refractivity contribution in [3.05, 3.63) is 30.3 Å². The van der Waals surface area contributed by atoms with Gasteiger partial charge in [-0.2, -0.15) is 0 Å². The Morgan fingerprint density at radius 1 is 1.12 bits per heavy atom. The van der Waals surface area contributed by atoms with E-state index in [4.69, 9.17) is 0 Å². The highest BCUT2D eigenvalue weighted by atomic mass is 16.2. The number of benzene rings is 1. The Morgan fingerprint density at radius 2 is 1.88 bits per heavy atom. The fraction of sp³-hybridized carbons (Fsp3) is 0.632. The zero-order chi connectivity index (χ0) is 16.8. The van der Waals surface area contributed by atoms with Crippen LogP contribution in [0.5, 0.6) is 0 Å². The largest absolute Gasteiger partial charge is 0.369 e. The standard InChI is InChI=1S/C19H30N4O/c1-20-17-6-5-10-23(16-17)19(24)9-11-21-12-14-22(15-13-21)18-7-3-2-4-8-18/h2-4,7-8,17,20H,5-6,9-16H2,1H3. The van der Waals surface area contributed by atoms with Crippen LogP contribution in [0, 0.1) is 0 Å². The van der Waals surface area contributed by atoms with Gasteiger partial charge in [-0.3, -0.25) is 9.69 Å². The van der Waals surface area contributed by atoms with Crippen molar-refractivity contribution in [2.45, 2.75) is 25.3 Å². The predicted molar refractivity (Wildman–Crippen MR) is 98.4 cm³/mol. The van der Waals surface area contributed by atoms with Crippen LogP contribution in [0.2, 0.25) is 0 Å². The Kier molecular flexibility index (Phi) is 6.10. The highest BCUT2D eigenvalue weighted by molar-refractivity contribution is 5.76. The van der Waals surface area contributed by atoms with Crippen molar-refractivity contribution in [3.8, 4) is 0 Å². The van der Waals surface area contributed by atoms with E-state index in [0.717, 1.165) is 52.2 Å². The van der Waals surface area contributed by atoms with E-state index in [9.17, 15) is 4.79 Å². The van der Waals surface area contributed by atoms with E-state index in [0.29, 0.717) is 18.4 Å². The summed E-state index contributed by atoms with van der Waals surface area (Å²) in [6.07, 6.45) is 2.95. The molecule has 1 atom stereocenters. The Bertz CT molecular complexity index is 513. The quantitative estimate of drug-likeness (QED) is 0.886. The lowest BCUT2D eigenvalue weighted by atomic mass is 10.1. The molecule has 2 heterocycles. The number of nitrogens with one attached hydrogen (secondary N) is 1. The first kappa shape index (κ1) is 17.2. The van der Waals surface area contributed by atoms with Gasteiger partial charge in [0.15, 0.2) is 0 Å². The van der Waals surface area contributed by atoms with Gasteiger partial charge in [-0.15, -0.1) is 0 Å². The van der Waals surface area contributed by atoms with Crippen molar-refractivity contribution >= 4 is 11.6 Å². The maximum atomic E-state index is 12.4. The number of likely N-dealkylation sites (N-methyl/N-ethyl adjacent to an activating group) is 1. The summed E-state index contributed by atoms with van der Waals surface area (Å²) in [5, 5.41) is 3.30. The maximum Gasteiger partial charge on any atom is 0.223 e. The average molecular weight is 330 g/mol. The molecule has 3 rings (SSSR count). The summed E-state index contributed by atoms with van der Waals surface area (Å²) >= 11 is 0. The summed E-state index contributed by atoms with van der Waals surface area (Å²) in [4.78, 5) is 19.4. The Labute approximate surface area is 145 Å². The lowest BCUT2D eigenvalue weighted by molar-refractivity contribution is -0.132. The molecule has 1 aromatic rings. The van der Waals surface area contributed by atoms with E-state index in [1.807, 2.05) is 11.9 Å². The first-order valence-corrected chi connectivity index (χ1v) is 9.23. The van der Waals surface area contributed by atoms with Crippen LogP contribution in [0.15, 0.2) is 30.3 Å². The van der Waals surface area contributed by atoms with E-state index in [1.54, 1.807) is 0 Å². The molecule has 0 radical (unpaired) electrons. The molecule has 2 saturated heterocycles. The molecule has 1 N–H and O–H groups in total. The summed E-state index contributed by atoms with van der Waals surface area (Å²) < 4.78 is 0. The molecule has 5 nitrogen and oxygen atoms in total. The van der Waals surface area contributed by atoms with E-state index in [1.165, 1.54) is 12.1 Å². The van der Waals surface area contributed by atoms with Crippen LogP contribution in [0.1, 0.15) is 19.3 Å². The lowest BCUT2D eigenvalue weighted by Crippen LogP contribution is -2.49. The molecular formula is C19H30N4O. The van der Waals surface area contributed by atoms with Crippen molar-refractivity contribution in [1.82, 2.24) is 15.1 Å². The van der Waals surface area contributed by atoms with E-state index in [-0.39, 0.29) is 0 Å². The molecule has 24 heavy (non-hydrogen) atoms. The highest BCUT2D eigenvalue weighted by Crippen LogP contribution is 2.16. The van der Waals surface area contributed by atoms with Crippen LogP contribution in [-0.2, 0) is 4.79 Å². The molecule has 1 unspecified atom stereocenters. The second-order valence-corrected chi connectivity index (χ2v) is 6.88. The monoisotopic (exact) mass is 330 g/mol. The Balaban J connectivity index is 1.39. The number of carbonyl (C=O) groups excluding carboxylic acids is 1. The molecule has 2 aliphatic heterocycles. The zero-order valence-electron chi connectivity index (χ0n) is 14.8. The number of hydrogen-bond donors (Lipinski definition) is 1. The second kappa shape index (κ2) is 8.49. The van der Waals surface area contributed by atoms with Gasteiger partial charge in [-0.05, 0) is 32.0 Å². The number of nitrogens with zero attached hydrogens (tertiary/aromatic N) is 3. The molecule has 0 aliphatic carbocycles. The number of rotatable bonds is 5. The first-order chi connectivity index (χ1) is 11.8. The molecule has 2 aliphatic rings. The van der Waals surface area contributed by atoms with Crippen molar-refractivity contribution in [3.63, 3.8) is 0 Å². The molecule has 2 fully saturated rings. The van der Waals surface area contributed by atoms with Crippen LogP contribution in [-0.4, -0.2) is 74.6 Å². The summed E-state index contributed by atoms with van der Waals surface area (Å²) in [6, 6.07) is 11.1. The molecule has 1 amide bonds. The summed E-state index contributed by atoms with van der Waals surface area (Å²) in [6.45, 7) is 6.87. The molecule has 0 spiro atoms. The molecule has 132 valence electrons. The van der Waals surface area contributed by atoms with Crippen molar-refractivity contribution in [2.75, 3.05) is 57.8 Å². The average Bonchev–Trinajstić information content (AvgIpc) is 2.67. The van der Waals surface area contributed by atoms with E-state index in [2.05, 4.69) is 45.4 Å². The van der Waals surface area contributed by atoms with Crippen LogP contribution < -0.4 is 10.2 Å². The summed E-state index contributed by atoms with van der Waals surface area (Å²) in [5.41, 5.74) is 1.31. The SMILES string of the molecule is CNC1CCCN(C(=O)CCN2CCN(c3ccccc3)CC2)C1. The first-order valence-electron chi connectivity index (χ1n) is 9.23. The van der Waals surface area contributed by atoms with Crippen LogP contribution in [0.3, 0.4) is 0 Å². The summed E-state index contributed by atoms with van der Waals surface area (Å²) in [5.74, 6) is 0.320. The van der Waals surface area contributed by atoms with Crippen molar-refractivity contribution < 1.29 is 4.79 Å². The van der Waals surface area contributed by atoms with Crippen LogP contribution >= 0.6 is 0 Å². The zero-order valence-corrected chi connectivity index (χ0v) is 14.8. The van der Waals surface area contributed by atoms with Gasteiger partial charge in [0.05, 0.1) is 0 Å². The number of likely N-dealkylation sites (tertiary alicyclic amines) is 1. The highest BCUT2D eigenvalue weighted by Gasteiger charge is 2.23. The fourth-order valence-corrected chi connectivity index (χ4v) is 3.72. The maximum absolute atomic E-state index is 12.4. The minimum Gasteiger partial charge on any atom is -0.369 e. The summed E-state index contributed by atoms with van der Waals surface area (Å²) in [7, 11) is 1.99. The molecule has 0 saturated carbocycles. The topological polar surface area (TPSA) is 38.8 Å². The predicted octanol–water partition coefficient (Wildman–Crippen LogP) is 1.41. The van der Waals surface area contributed by atoms with Gasteiger partial charge in [-0.1, -0.05) is 18.2 Å². The molecule has 0 bridgehead atoms. The third-order valence-corrected chi connectivity index (χ3v) is 5.32. The van der Waals surface area contributed by atoms with Gasteiger partial charge in [0.2, 0.25) is 5.91 Å². The Morgan fingerprint density at radius 3 is 2.58 bits per heavy atom. The molecular weight excluding hydrogens is 300 g/mol. The van der Waals surface area contributed by atoms with Gasteiger partial charge >= 0.3 is 0 Å². The number of piperazine rings is 1. The van der Waals surface area contributed by atoms with Crippen molar-refractivity contribution in [2.24, 2.45) is 0 Å². The number of para-hydroxylation sites is 1.